The van der Waals surface area contributed by atoms with Crippen LogP contribution in [0, 0.1) is 0 Å². The number of rotatable bonds is 19. The highest BCUT2D eigenvalue weighted by atomic mass is 16.5. The molecule has 0 saturated heterocycles. The van der Waals surface area contributed by atoms with E-state index in [9.17, 15) is 19.2 Å². The number of hydrogen-bond donors (Lipinski definition) is 4. The van der Waals surface area contributed by atoms with Crippen LogP contribution in [-0.2, 0) is 28.6 Å². The van der Waals surface area contributed by atoms with Crippen molar-refractivity contribution in [3.63, 3.8) is 0 Å². The van der Waals surface area contributed by atoms with Crippen molar-refractivity contribution in [1.29, 1.82) is 0 Å². The smallest absolute Gasteiger partial charge is 0.305 e. The van der Waals surface area contributed by atoms with Crippen LogP contribution in [0.2, 0.25) is 0 Å². The van der Waals surface area contributed by atoms with E-state index in [1.54, 1.807) is 30.3 Å². The molecule has 0 amide bonds. The van der Waals surface area contributed by atoms with Gasteiger partial charge in [0, 0.05) is 5.56 Å². The molecular formula is C21H29NO10. The number of nitrogens with one attached hydrogen (secondary N) is 1. The molecule has 1 aromatic carbocycles. The van der Waals surface area contributed by atoms with Gasteiger partial charge in [-0.3, -0.25) is 24.5 Å². The standard InChI is InChI=1S/C21H29NO10/c23-17(16-4-2-1-3-5-16)12-22-21(13-30-9-6-18(24)25,14-31-10-7-19(26)27)15-32-11-8-20(28)29/h1-5,22H,6-15H2,(H,24,25)(H,26,27)(H,28,29). The van der Waals surface area contributed by atoms with Crippen LogP contribution in [0.1, 0.15) is 29.6 Å². The molecule has 0 aliphatic heterocycles. The van der Waals surface area contributed by atoms with Gasteiger partial charge in [0.05, 0.1) is 71.0 Å². The van der Waals surface area contributed by atoms with Gasteiger partial charge in [-0.2, -0.15) is 0 Å². The van der Waals surface area contributed by atoms with Gasteiger partial charge in [-0.1, -0.05) is 30.3 Å². The van der Waals surface area contributed by atoms with Crippen molar-refractivity contribution < 1.29 is 48.7 Å². The van der Waals surface area contributed by atoms with Crippen LogP contribution in [0.4, 0.5) is 0 Å². The summed E-state index contributed by atoms with van der Waals surface area (Å²) < 4.78 is 16.4. The van der Waals surface area contributed by atoms with Gasteiger partial charge < -0.3 is 29.5 Å². The Morgan fingerprint density at radius 2 is 1.12 bits per heavy atom. The molecule has 0 spiro atoms. The summed E-state index contributed by atoms with van der Waals surface area (Å²) in [6.07, 6.45) is -0.712. The average molecular weight is 455 g/mol. The maximum absolute atomic E-state index is 12.5. The molecule has 1 rings (SSSR count). The lowest BCUT2D eigenvalue weighted by molar-refractivity contribution is -0.139. The zero-order chi connectivity index (χ0) is 23.8. The van der Waals surface area contributed by atoms with Crippen LogP contribution >= 0.6 is 0 Å². The Kier molecular flexibility index (Phi) is 12.8. The zero-order valence-corrected chi connectivity index (χ0v) is 17.7. The number of hydrogen-bond acceptors (Lipinski definition) is 8. The number of carbonyl (C=O) groups excluding carboxylic acids is 1. The molecule has 32 heavy (non-hydrogen) atoms. The van der Waals surface area contributed by atoms with Gasteiger partial charge in [-0.15, -0.1) is 0 Å². The van der Waals surface area contributed by atoms with Crippen LogP contribution in [0.5, 0.6) is 0 Å². The summed E-state index contributed by atoms with van der Waals surface area (Å²) in [5, 5.41) is 29.4. The van der Waals surface area contributed by atoms with Gasteiger partial charge in [0.1, 0.15) is 0 Å². The van der Waals surface area contributed by atoms with Gasteiger partial charge in [0.25, 0.3) is 0 Å². The summed E-state index contributed by atoms with van der Waals surface area (Å²) in [7, 11) is 0. The monoisotopic (exact) mass is 455 g/mol. The molecule has 4 N–H and O–H groups in total. The van der Waals surface area contributed by atoms with E-state index in [1.165, 1.54) is 0 Å². The van der Waals surface area contributed by atoms with E-state index >= 15 is 0 Å². The molecule has 0 atom stereocenters. The first kappa shape index (κ1) is 27.2. The number of carboxylic acid groups (broad SMARTS) is 3. The number of ketones is 1. The quantitative estimate of drug-likeness (QED) is 0.171. The lowest BCUT2D eigenvalue weighted by Gasteiger charge is -2.34. The van der Waals surface area contributed by atoms with Crippen LogP contribution in [-0.4, -0.2) is 90.7 Å². The van der Waals surface area contributed by atoms with Crippen LogP contribution in [0.3, 0.4) is 0 Å². The minimum Gasteiger partial charge on any atom is -0.481 e. The molecule has 0 saturated carbocycles. The predicted molar refractivity (Wildman–Crippen MR) is 111 cm³/mol. The SMILES string of the molecule is O=C(O)CCOCC(COCCC(=O)O)(COCCC(=O)O)NCC(=O)c1ccccc1. The Morgan fingerprint density at radius 1 is 0.719 bits per heavy atom. The third kappa shape index (κ3) is 12.1. The third-order valence-corrected chi connectivity index (χ3v) is 4.24. The van der Waals surface area contributed by atoms with Crippen LogP contribution in [0.15, 0.2) is 30.3 Å². The third-order valence-electron chi connectivity index (χ3n) is 4.24. The summed E-state index contributed by atoms with van der Waals surface area (Å²) in [5.41, 5.74) is -0.667. The minimum atomic E-state index is -1.14. The molecule has 0 aromatic heterocycles. The first-order chi connectivity index (χ1) is 15.2. The highest BCUT2D eigenvalue weighted by Gasteiger charge is 2.32. The number of Topliss-reactive ketones (excluding diaryl/α,β-unsaturated/α-hetero) is 1. The summed E-state index contributed by atoms with van der Waals surface area (Å²) in [4.78, 5) is 44.8. The van der Waals surface area contributed by atoms with Crippen molar-refractivity contribution in [2.75, 3.05) is 46.2 Å². The molecule has 0 heterocycles. The fourth-order valence-corrected chi connectivity index (χ4v) is 2.55. The number of carboxylic acids is 3. The lowest BCUT2D eigenvalue weighted by Crippen LogP contribution is -2.58. The normalized spacial score (nSPS) is 11.2. The highest BCUT2D eigenvalue weighted by molar-refractivity contribution is 5.97. The van der Waals surface area contributed by atoms with Gasteiger partial charge in [-0.05, 0) is 0 Å². The molecule has 178 valence electrons. The van der Waals surface area contributed by atoms with Crippen molar-refractivity contribution >= 4 is 23.7 Å². The number of carbonyl (C=O) groups is 4. The lowest BCUT2D eigenvalue weighted by atomic mass is 10.0. The van der Waals surface area contributed by atoms with Crippen molar-refractivity contribution in [3.8, 4) is 0 Å². The maximum Gasteiger partial charge on any atom is 0.305 e. The fraction of sp³-hybridized carbons (Fsp3) is 0.524. The summed E-state index contributed by atoms with van der Waals surface area (Å²) >= 11 is 0. The highest BCUT2D eigenvalue weighted by Crippen LogP contribution is 2.11. The Balaban J connectivity index is 2.87. The van der Waals surface area contributed by atoms with Gasteiger partial charge >= 0.3 is 17.9 Å². The summed E-state index contributed by atoms with van der Waals surface area (Å²) in [6, 6.07) is 8.53. The fourth-order valence-electron chi connectivity index (χ4n) is 2.55. The van der Waals surface area contributed by atoms with E-state index in [0.29, 0.717) is 5.56 Å². The summed E-state index contributed by atoms with van der Waals surface area (Å²) in [6.45, 7) is -0.759. The molecule has 0 bridgehead atoms. The second kappa shape index (κ2) is 15.0. The molecule has 1 aromatic rings. The van der Waals surface area contributed by atoms with E-state index < -0.39 is 23.4 Å². The first-order valence-electron chi connectivity index (χ1n) is 9.96. The van der Waals surface area contributed by atoms with E-state index in [1.807, 2.05) is 0 Å². The van der Waals surface area contributed by atoms with E-state index in [0.717, 1.165) is 0 Å². The Morgan fingerprint density at radius 3 is 1.50 bits per heavy atom. The molecule has 11 heteroatoms. The van der Waals surface area contributed by atoms with Gasteiger partial charge in [-0.25, -0.2) is 0 Å². The van der Waals surface area contributed by atoms with E-state index in [-0.39, 0.29) is 71.2 Å². The molecule has 0 radical (unpaired) electrons. The number of aliphatic carboxylic acids is 3. The van der Waals surface area contributed by atoms with Crippen molar-refractivity contribution in [3.05, 3.63) is 35.9 Å². The first-order valence-corrected chi connectivity index (χ1v) is 9.96. The maximum atomic E-state index is 12.5. The molecule has 0 fully saturated rings. The number of ether oxygens (including phenoxy) is 3. The van der Waals surface area contributed by atoms with Crippen molar-refractivity contribution in [2.45, 2.75) is 24.8 Å². The summed E-state index contributed by atoms with van der Waals surface area (Å²) in [5.74, 6) is -3.36. The molecule has 0 aliphatic carbocycles. The molecular weight excluding hydrogens is 426 g/mol. The van der Waals surface area contributed by atoms with Crippen LogP contribution in [0.25, 0.3) is 0 Å². The topological polar surface area (TPSA) is 169 Å². The number of benzene rings is 1. The zero-order valence-electron chi connectivity index (χ0n) is 17.7. The molecule has 0 unspecified atom stereocenters. The Labute approximate surface area is 185 Å². The van der Waals surface area contributed by atoms with Gasteiger partial charge in [0.15, 0.2) is 5.78 Å². The minimum absolute atomic E-state index is 0.102. The van der Waals surface area contributed by atoms with E-state index in [2.05, 4.69) is 5.32 Å². The van der Waals surface area contributed by atoms with Gasteiger partial charge in [0.2, 0.25) is 0 Å². The average Bonchev–Trinajstić information content (AvgIpc) is 2.75. The molecule has 11 nitrogen and oxygen atoms in total. The Hall–Kier alpha value is -2.86. The van der Waals surface area contributed by atoms with Crippen LogP contribution < -0.4 is 5.32 Å². The van der Waals surface area contributed by atoms with E-state index in [4.69, 9.17) is 29.5 Å². The van der Waals surface area contributed by atoms with Crippen molar-refractivity contribution in [2.24, 2.45) is 0 Å². The second-order valence-electron chi connectivity index (χ2n) is 7.01. The predicted octanol–water partition coefficient (Wildman–Crippen LogP) is 0.672. The largest absolute Gasteiger partial charge is 0.481 e. The second-order valence-corrected chi connectivity index (χ2v) is 7.01. The van der Waals surface area contributed by atoms with Crippen molar-refractivity contribution in [1.82, 2.24) is 5.32 Å². The molecule has 0 aliphatic rings. The Bertz CT molecular complexity index is 682.